The third-order valence-corrected chi connectivity index (χ3v) is 6.30. The van der Waals surface area contributed by atoms with Crippen LogP contribution in [0.4, 0.5) is 5.88 Å². The summed E-state index contributed by atoms with van der Waals surface area (Å²) >= 11 is 3.55. The second-order valence-corrected chi connectivity index (χ2v) is 8.55. The van der Waals surface area contributed by atoms with Gasteiger partial charge in [0, 0.05) is 28.1 Å². The number of nitrogens with one attached hydrogen (secondary N) is 1. The predicted molar refractivity (Wildman–Crippen MR) is 113 cm³/mol. The molecule has 0 saturated heterocycles. The van der Waals surface area contributed by atoms with Gasteiger partial charge >= 0.3 is 0 Å². The molecule has 0 amide bonds. The van der Waals surface area contributed by atoms with Gasteiger partial charge in [-0.3, -0.25) is 4.79 Å². The van der Waals surface area contributed by atoms with Gasteiger partial charge in [-0.05, 0) is 54.7 Å². The zero-order chi connectivity index (χ0) is 20.1. The van der Waals surface area contributed by atoms with Gasteiger partial charge in [0.15, 0.2) is 5.78 Å². The molecular weight excluding hydrogens is 432 g/mol. The van der Waals surface area contributed by atoms with E-state index in [2.05, 4.69) is 32.5 Å². The van der Waals surface area contributed by atoms with Crippen LogP contribution in [0.15, 0.2) is 68.8 Å². The average Bonchev–Trinajstić information content (AvgIpc) is 3.07. The summed E-state index contributed by atoms with van der Waals surface area (Å²) < 4.78 is 6.53. The van der Waals surface area contributed by atoms with Gasteiger partial charge in [0.05, 0.1) is 11.3 Å². The third kappa shape index (κ3) is 3.08. The van der Waals surface area contributed by atoms with Crippen LogP contribution in [0.1, 0.15) is 47.1 Å². The van der Waals surface area contributed by atoms with Gasteiger partial charge < -0.3 is 14.9 Å². The van der Waals surface area contributed by atoms with Gasteiger partial charge in [-0.15, -0.1) is 0 Å². The molecule has 5 rings (SSSR count). The number of hydrogen-bond acceptors (Lipinski definition) is 5. The molecule has 1 aliphatic heterocycles. The lowest BCUT2D eigenvalue weighted by Gasteiger charge is -2.34. The topological polar surface area (TPSA) is 75.4 Å². The highest BCUT2D eigenvalue weighted by Gasteiger charge is 2.41. The van der Waals surface area contributed by atoms with E-state index in [9.17, 15) is 9.90 Å². The number of fused-ring (bicyclic) bond motifs is 1. The quantitative estimate of drug-likeness (QED) is 0.545. The van der Waals surface area contributed by atoms with Crippen LogP contribution in [0.2, 0.25) is 0 Å². The maximum Gasteiger partial charge on any atom is 0.233 e. The molecular formula is C23H19BrN2O3. The fraction of sp³-hybridized carbons (Fsp3) is 0.217. The van der Waals surface area contributed by atoms with E-state index in [1.807, 2.05) is 37.3 Å². The fourth-order valence-electron chi connectivity index (χ4n) is 4.47. The Morgan fingerprint density at radius 1 is 1.14 bits per heavy atom. The first-order valence-corrected chi connectivity index (χ1v) is 10.3. The molecule has 0 radical (unpaired) electrons. The monoisotopic (exact) mass is 450 g/mol. The average molecular weight is 451 g/mol. The molecule has 0 fully saturated rings. The number of phenolic OH excluding ortho intramolecular Hbond substituents is 1. The summed E-state index contributed by atoms with van der Waals surface area (Å²) in [7, 11) is 0. The van der Waals surface area contributed by atoms with E-state index >= 15 is 0 Å². The number of anilines is 1. The van der Waals surface area contributed by atoms with E-state index in [1.54, 1.807) is 12.1 Å². The van der Waals surface area contributed by atoms with Crippen LogP contribution in [-0.4, -0.2) is 16.0 Å². The van der Waals surface area contributed by atoms with Crippen LogP contribution < -0.4 is 5.32 Å². The molecule has 2 heterocycles. The maximum absolute atomic E-state index is 13.4. The summed E-state index contributed by atoms with van der Waals surface area (Å²) in [6, 6.07) is 15.2. The molecule has 0 saturated carbocycles. The highest BCUT2D eigenvalue weighted by molar-refractivity contribution is 9.10. The number of rotatable bonds is 2. The molecule has 5 nitrogen and oxygen atoms in total. The number of allylic oxidation sites excluding steroid dienone is 2. The summed E-state index contributed by atoms with van der Waals surface area (Å²) in [6.45, 7) is 1.91. The van der Waals surface area contributed by atoms with Crippen LogP contribution in [-0.2, 0) is 4.79 Å². The zero-order valence-corrected chi connectivity index (χ0v) is 17.4. The number of aryl methyl sites for hydroxylation is 1. The number of carbonyl (C=O) groups excluding carboxylic acids is 1. The standard InChI is InChI=1S/C23H19BrN2O3/c1-12-20-21(14-3-2-4-16(24)9-14)22-18(25-23(20)29-26-12)10-15(11-19(22)28)13-5-7-17(27)8-6-13/h2-9,15,21,25,27H,10-11H2,1H3. The van der Waals surface area contributed by atoms with Crippen molar-refractivity contribution in [3.63, 3.8) is 0 Å². The number of carbonyl (C=O) groups is 1. The van der Waals surface area contributed by atoms with E-state index in [0.29, 0.717) is 18.7 Å². The van der Waals surface area contributed by atoms with Crippen LogP contribution in [0, 0.1) is 6.92 Å². The summed E-state index contributed by atoms with van der Waals surface area (Å²) in [4.78, 5) is 13.4. The molecule has 3 aromatic rings. The van der Waals surface area contributed by atoms with Crippen LogP contribution in [0.25, 0.3) is 0 Å². The summed E-state index contributed by atoms with van der Waals surface area (Å²) in [5, 5.41) is 17.1. The van der Waals surface area contributed by atoms with Crippen molar-refractivity contribution in [3.05, 3.63) is 86.7 Å². The number of aromatic hydroxyl groups is 1. The van der Waals surface area contributed by atoms with Gasteiger partial charge in [0.1, 0.15) is 5.75 Å². The Morgan fingerprint density at radius 3 is 2.69 bits per heavy atom. The Morgan fingerprint density at radius 2 is 1.93 bits per heavy atom. The highest BCUT2D eigenvalue weighted by Crippen LogP contribution is 2.49. The molecule has 2 atom stereocenters. The third-order valence-electron chi connectivity index (χ3n) is 5.80. The largest absolute Gasteiger partial charge is 0.508 e. The van der Waals surface area contributed by atoms with E-state index in [-0.39, 0.29) is 23.4 Å². The van der Waals surface area contributed by atoms with E-state index in [4.69, 9.17) is 4.52 Å². The number of ketones is 1. The second kappa shape index (κ2) is 6.88. The molecule has 0 bridgehead atoms. The van der Waals surface area contributed by atoms with Crippen molar-refractivity contribution in [3.8, 4) is 5.75 Å². The molecule has 2 N–H and O–H groups in total. The fourth-order valence-corrected chi connectivity index (χ4v) is 4.89. The summed E-state index contributed by atoms with van der Waals surface area (Å²) in [5.41, 5.74) is 5.50. The van der Waals surface area contributed by atoms with Crippen molar-refractivity contribution in [2.75, 3.05) is 5.32 Å². The predicted octanol–water partition coefficient (Wildman–Crippen LogP) is 5.41. The Bertz CT molecular complexity index is 1150. The zero-order valence-electron chi connectivity index (χ0n) is 15.8. The molecule has 1 aliphatic carbocycles. The molecule has 0 spiro atoms. The highest BCUT2D eigenvalue weighted by atomic mass is 79.9. The Balaban J connectivity index is 1.62. The summed E-state index contributed by atoms with van der Waals surface area (Å²) in [6.07, 6.45) is 1.14. The maximum atomic E-state index is 13.4. The van der Waals surface area contributed by atoms with Crippen molar-refractivity contribution in [1.29, 1.82) is 0 Å². The van der Waals surface area contributed by atoms with Crippen LogP contribution in [0.5, 0.6) is 5.75 Å². The smallest absolute Gasteiger partial charge is 0.233 e. The van der Waals surface area contributed by atoms with Crippen molar-refractivity contribution < 1.29 is 14.4 Å². The first-order chi connectivity index (χ1) is 14.0. The van der Waals surface area contributed by atoms with Crippen LogP contribution >= 0.6 is 15.9 Å². The number of Topliss-reactive ketones (excluding diaryl/α,β-unsaturated/α-hetero) is 1. The van der Waals surface area contributed by atoms with E-state index in [0.717, 1.165) is 38.1 Å². The Hall–Kier alpha value is -2.86. The number of phenols is 1. The second-order valence-electron chi connectivity index (χ2n) is 7.64. The van der Waals surface area contributed by atoms with Gasteiger partial charge in [0.25, 0.3) is 0 Å². The van der Waals surface area contributed by atoms with E-state index in [1.165, 1.54) is 0 Å². The lowest BCUT2D eigenvalue weighted by molar-refractivity contribution is -0.116. The number of halogens is 1. The Kier molecular flexibility index (Phi) is 4.32. The van der Waals surface area contributed by atoms with Crippen molar-refractivity contribution in [2.45, 2.75) is 31.6 Å². The molecule has 29 heavy (non-hydrogen) atoms. The van der Waals surface area contributed by atoms with Gasteiger partial charge in [-0.25, -0.2) is 0 Å². The van der Waals surface area contributed by atoms with Gasteiger partial charge in [0.2, 0.25) is 5.88 Å². The molecule has 146 valence electrons. The Labute approximate surface area is 176 Å². The number of nitrogens with zero attached hydrogens (tertiary/aromatic N) is 1. The molecule has 1 aromatic heterocycles. The van der Waals surface area contributed by atoms with Gasteiger partial charge in [-0.2, -0.15) is 0 Å². The minimum atomic E-state index is -0.196. The van der Waals surface area contributed by atoms with Gasteiger partial charge in [-0.1, -0.05) is 45.4 Å². The molecule has 2 aliphatic rings. The van der Waals surface area contributed by atoms with Crippen molar-refractivity contribution >= 4 is 27.6 Å². The SMILES string of the molecule is Cc1noc2c1C(c1cccc(Br)c1)C1=C(CC(c3ccc(O)cc3)CC1=O)N2. The summed E-state index contributed by atoms with van der Waals surface area (Å²) in [5.74, 6) is 0.836. The van der Waals surface area contributed by atoms with Crippen molar-refractivity contribution in [1.82, 2.24) is 5.16 Å². The van der Waals surface area contributed by atoms with E-state index < -0.39 is 0 Å². The first-order valence-electron chi connectivity index (χ1n) is 9.55. The number of aromatic nitrogens is 1. The van der Waals surface area contributed by atoms with Crippen molar-refractivity contribution in [2.24, 2.45) is 0 Å². The molecule has 6 heteroatoms. The molecule has 2 unspecified atom stereocenters. The molecule has 2 aromatic carbocycles. The first kappa shape index (κ1) is 18.2. The number of hydrogen-bond donors (Lipinski definition) is 2. The lowest BCUT2D eigenvalue weighted by atomic mass is 9.72. The lowest BCUT2D eigenvalue weighted by Crippen LogP contribution is -2.29. The number of benzene rings is 2. The minimum Gasteiger partial charge on any atom is -0.508 e. The van der Waals surface area contributed by atoms with Crippen LogP contribution in [0.3, 0.4) is 0 Å². The normalized spacial score (nSPS) is 20.8. The minimum absolute atomic E-state index is 0.0584.